The summed E-state index contributed by atoms with van der Waals surface area (Å²) in [5.41, 5.74) is 1.67. The van der Waals surface area contributed by atoms with Crippen molar-refractivity contribution in [3.05, 3.63) is 16.0 Å². The highest BCUT2D eigenvalue weighted by Gasteiger charge is 2.27. The Hall–Kier alpha value is -1.40. The molecule has 5 nitrogen and oxygen atoms in total. The maximum atomic E-state index is 12.3. The van der Waals surface area contributed by atoms with E-state index in [0.29, 0.717) is 29.8 Å². The molecule has 1 atom stereocenters. The van der Waals surface area contributed by atoms with Crippen LogP contribution in [0.3, 0.4) is 0 Å². The van der Waals surface area contributed by atoms with Crippen molar-refractivity contribution in [2.24, 2.45) is 0 Å². The summed E-state index contributed by atoms with van der Waals surface area (Å²) in [6, 6.07) is 0.418. The summed E-state index contributed by atoms with van der Waals surface area (Å²) in [6.45, 7) is 6.72. The van der Waals surface area contributed by atoms with Gasteiger partial charge in [0, 0.05) is 4.88 Å². The lowest BCUT2D eigenvalue weighted by atomic mass is 9.95. The van der Waals surface area contributed by atoms with Crippen LogP contribution in [0.2, 0.25) is 0 Å². The highest BCUT2D eigenvalue weighted by Crippen LogP contribution is 2.38. The van der Waals surface area contributed by atoms with Gasteiger partial charge in [0.1, 0.15) is 5.00 Å². The molecular formula is C17H27N2O3S+. The zero-order valence-corrected chi connectivity index (χ0v) is 15.1. The molecule has 0 spiro atoms. The number of hydrogen-bond donors (Lipinski definition) is 2. The molecule has 0 saturated heterocycles. The van der Waals surface area contributed by atoms with Gasteiger partial charge in [-0.3, -0.25) is 4.79 Å². The van der Waals surface area contributed by atoms with Gasteiger partial charge in [0.2, 0.25) is 0 Å². The fraction of sp³-hybridized carbons (Fsp3) is 0.647. The number of hydrogen-bond acceptors (Lipinski definition) is 4. The zero-order chi connectivity index (χ0) is 16.8. The molecule has 1 amide bonds. The van der Waals surface area contributed by atoms with Crippen LogP contribution in [0, 0.1) is 0 Å². The second-order valence-corrected chi connectivity index (χ2v) is 7.11. The zero-order valence-electron chi connectivity index (χ0n) is 14.2. The van der Waals surface area contributed by atoms with Crippen LogP contribution in [0.25, 0.3) is 0 Å². The number of carbonyl (C=O) groups excluding carboxylic acids is 2. The molecule has 0 bridgehead atoms. The van der Waals surface area contributed by atoms with Crippen molar-refractivity contribution < 1.29 is 19.6 Å². The summed E-state index contributed by atoms with van der Waals surface area (Å²) in [5, 5.41) is 5.62. The number of quaternary nitrogens is 1. The van der Waals surface area contributed by atoms with Crippen LogP contribution in [-0.2, 0) is 22.4 Å². The molecule has 0 aromatic carbocycles. The molecule has 0 aliphatic heterocycles. The van der Waals surface area contributed by atoms with E-state index in [1.807, 2.05) is 5.32 Å². The smallest absolute Gasteiger partial charge is 0.341 e. The minimum Gasteiger partial charge on any atom is -0.462 e. The molecule has 1 heterocycles. The first-order valence-electron chi connectivity index (χ1n) is 8.51. The predicted octanol–water partition coefficient (Wildman–Crippen LogP) is 2.10. The lowest BCUT2D eigenvalue weighted by molar-refractivity contribution is -0.675. The molecule has 0 fully saturated rings. The topological polar surface area (TPSA) is 72.0 Å². The van der Waals surface area contributed by atoms with Gasteiger partial charge < -0.3 is 15.4 Å². The van der Waals surface area contributed by atoms with Gasteiger partial charge in [-0.15, -0.1) is 11.3 Å². The summed E-state index contributed by atoms with van der Waals surface area (Å²) in [7, 11) is 0. The SMILES string of the molecule is CCOC(=O)c1c(NC(=O)C[NH2+][C@H](C)CC)sc2c1CCCC2. The van der Waals surface area contributed by atoms with Crippen LogP contribution in [0.1, 0.15) is 60.8 Å². The van der Waals surface area contributed by atoms with Gasteiger partial charge >= 0.3 is 5.97 Å². The number of rotatable bonds is 7. The molecule has 2 rings (SSSR count). The van der Waals surface area contributed by atoms with Crippen molar-refractivity contribution in [1.82, 2.24) is 0 Å². The number of nitrogens with two attached hydrogens (primary N) is 1. The highest BCUT2D eigenvalue weighted by atomic mass is 32.1. The molecule has 6 heteroatoms. The van der Waals surface area contributed by atoms with Crippen molar-refractivity contribution in [1.29, 1.82) is 0 Å². The Morgan fingerprint density at radius 3 is 2.74 bits per heavy atom. The molecular weight excluding hydrogens is 312 g/mol. The highest BCUT2D eigenvalue weighted by molar-refractivity contribution is 7.17. The Kier molecular flexibility index (Phi) is 6.59. The van der Waals surface area contributed by atoms with Crippen molar-refractivity contribution in [3.8, 4) is 0 Å². The summed E-state index contributed by atoms with van der Waals surface area (Å²) in [6.07, 6.45) is 5.14. The number of amides is 1. The van der Waals surface area contributed by atoms with E-state index in [9.17, 15) is 9.59 Å². The molecule has 0 saturated carbocycles. The summed E-state index contributed by atoms with van der Waals surface area (Å²) < 4.78 is 5.20. The molecule has 1 aromatic rings. The monoisotopic (exact) mass is 339 g/mol. The third kappa shape index (κ3) is 4.54. The number of carbonyl (C=O) groups is 2. The first kappa shape index (κ1) is 17.9. The standard InChI is InChI=1S/C17H26N2O3S/c1-4-11(3)18-10-14(20)19-16-15(17(21)22-5-2)12-8-6-7-9-13(12)23-16/h11,18H,4-10H2,1-3H3,(H,19,20)/p+1/t11-/m1/s1. The van der Waals surface area contributed by atoms with Crippen LogP contribution in [-0.4, -0.2) is 31.1 Å². The predicted molar refractivity (Wildman–Crippen MR) is 92.1 cm³/mol. The first-order valence-corrected chi connectivity index (χ1v) is 9.33. The van der Waals surface area contributed by atoms with Crippen LogP contribution < -0.4 is 10.6 Å². The van der Waals surface area contributed by atoms with Gasteiger partial charge in [-0.05, 0) is 51.5 Å². The van der Waals surface area contributed by atoms with E-state index >= 15 is 0 Å². The summed E-state index contributed by atoms with van der Waals surface area (Å²) >= 11 is 1.54. The van der Waals surface area contributed by atoms with E-state index in [0.717, 1.165) is 37.7 Å². The number of thiophene rings is 1. The molecule has 0 radical (unpaired) electrons. The maximum Gasteiger partial charge on any atom is 0.341 e. The normalized spacial score (nSPS) is 14.9. The fourth-order valence-corrected chi connectivity index (χ4v) is 4.02. The van der Waals surface area contributed by atoms with Crippen LogP contribution >= 0.6 is 11.3 Å². The lowest BCUT2D eigenvalue weighted by Crippen LogP contribution is -2.90. The van der Waals surface area contributed by atoms with Gasteiger partial charge in [0.15, 0.2) is 6.54 Å². The third-order valence-electron chi connectivity index (χ3n) is 4.25. The number of ether oxygens (including phenoxy) is 1. The Labute approximate surface area is 141 Å². The van der Waals surface area contributed by atoms with Gasteiger partial charge in [-0.1, -0.05) is 6.92 Å². The summed E-state index contributed by atoms with van der Waals surface area (Å²) in [4.78, 5) is 25.7. The molecule has 1 aromatic heterocycles. The molecule has 1 aliphatic rings. The molecule has 23 heavy (non-hydrogen) atoms. The van der Waals surface area contributed by atoms with Crippen molar-refractivity contribution in [2.75, 3.05) is 18.5 Å². The van der Waals surface area contributed by atoms with E-state index in [1.165, 1.54) is 16.2 Å². The second kappa shape index (κ2) is 8.45. The van der Waals surface area contributed by atoms with Crippen molar-refractivity contribution in [2.45, 2.75) is 58.9 Å². The van der Waals surface area contributed by atoms with E-state index in [-0.39, 0.29) is 11.9 Å². The molecule has 0 unspecified atom stereocenters. The van der Waals surface area contributed by atoms with Crippen LogP contribution in [0.15, 0.2) is 0 Å². The van der Waals surface area contributed by atoms with Crippen molar-refractivity contribution in [3.63, 3.8) is 0 Å². The lowest BCUT2D eigenvalue weighted by Gasteiger charge is -2.12. The van der Waals surface area contributed by atoms with Gasteiger partial charge in [0.25, 0.3) is 5.91 Å². The van der Waals surface area contributed by atoms with Gasteiger partial charge in [0.05, 0.1) is 18.2 Å². The quantitative estimate of drug-likeness (QED) is 0.747. The summed E-state index contributed by atoms with van der Waals surface area (Å²) in [5.74, 6) is -0.373. The number of anilines is 1. The largest absolute Gasteiger partial charge is 0.462 e. The molecule has 128 valence electrons. The van der Waals surface area contributed by atoms with Crippen LogP contribution in [0.4, 0.5) is 5.00 Å². The number of aryl methyl sites for hydroxylation is 1. The molecule has 1 aliphatic carbocycles. The van der Waals surface area contributed by atoms with E-state index in [4.69, 9.17) is 4.74 Å². The van der Waals surface area contributed by atoms with Gasteiger partial charge in [-0.2, -0.15) is 0 Å². The number of fused-ring (bicyclic) bond motifs is 1. The minimum atomic E-state index is -0.312. The van der Waals surface area contributed by atoms with E-state index in [1.54, 1.807) is 6.92 Å². The Balaban J connectivity index is 2.15. The fourth-order valence-electron chi connectivity index (χ4n) is 2.73. The van der Waals surface area contributed by atoms with Gasteiger partial charge in [-0.25, -0.2) is 4.79 Å². The maximum absolute atomic E-state index is 12.3. The minimum absolute atomic E-state index is 0.0607. The van der Waals surface area contributed by atoms with Crippen molar-refractivity contribution >= 4 is 28.2 Å². The van der Waals surface area contributed by atoms with E-state index in [2.05, 4.69) is 19.2 Å². The Morgan fingerprint density at radius 1 is 1.30 bits per heavy atom. The van der Waals surface area contributed by atoms with Crippen LogP contribution in [0.5, 0.6) is 0 Å². The average Bonchev–Trinajstić information content (AvgIpc) is 2.90. The number of esters is 1. The Morgan fingerprint density at radius 2 is 2.04 bits per heavy atom. The van der Waals surface area contributed by atoms with E-state index < -0.39 is 0 Å². The third-order valence-corrected chi connectivity index (χ3v) is 5.46. The first-order chi connectivity index (χ1) is 11.1. The average molecular weight is 339 g/mol. The second-order valence-electron chi connectivity index (χ2n) is 6.01. The molecule has 3 N–H and O–H groups in total. The number of nitrogens with one attached hydrogen (secondary N) is 1. The Bertz CT molecular complexity index is 568.